The average molecular weight is 226 g/mol. The van der Waals surface area contributed by atoms with Gasteiger partial charge in [-0.25, -0.2) is 0 Å². The average Bonchev–Trinajstić information content (AvgIpc) is 2.77. The number of morpholine rings is 1. The topological polar surface area (TPSA) is 24.5 Å². The van der Waals surface area contributed by atoms with Crippen LogP contribution in [0.4, 0.5) is 0 Å². The van der Waals surface area contributed by atoms with Crippen molar-refractivity contribution in [3.63, 3.8) is 0 Å². The van der Waals surface area contributed by atoms with E-state index in [0.717, 1.165) is 25.7 Å². The van der Waals surface area contributed by atoms with E-state index in [-0.39, 0.29) is 0 Å². The van der Waals surface area contributed by atoms with Gasteiger partial charge in [-0.2, -0.15) is 0 Å². The number of nitrogens with zero attached hydrogens (tertiary/aromatic N) is 1. The van der Waals surface area contributed by atoms with Crippen molar-refractivity contribution in [3.05, 3.63) is 0 Å². The monoisotopic (exact) mass is 226 g/mol. The number of unbranched alkanes of at least 4 members (excludes halogenated alkanes) is 1. The van der Waals surface area contributed by atoms with Gasteiger partial charge < -0.3 is 10.1 Å². The first-order valence-electron chi connectivity index (χ1n) is 6.98. The molecule has 2 fully saturated rings. The smallest absolute Gasteiger partial charge is 0.0730 e. The van der Waals surface area contributed by atoms with Gasteiger partial charge in [0.1, 0.15) is 0 Å². The Hall–Kier alpha value is -0.120. The predicted octanol–water partition coefficient (Wildman–Crippen LogP) is 1.63. The van der Waals surface area contributed by atoms with Crippen LogP contribution in [-0.2, 0) is 4.74 Å². The molecule has 16 heavy (non-hydrogen) atoms. The van der Waals surface area contributed by atoms with Crippen molar-refractivity contribution >= 4 is 0 Å². The third-order valence-corrected chi connectivity index (χ3v) is 3.88. The second-order valence-corrected chi connectivity index (χ2v) is 5.05. The van der Waals surface area contributed by atoms with Crippen molar-refractivity contribution < 1.29 is 4.74 Å². The molecule has 94 valence electrons. The fourth-order valence-corrected chi connectivity index (χ4v) is 2.93. The number of hydrogen-bond donors (Lipinski definition) is 1. The van der Waals surface area contributed by atoms with Crippen LogP contribution in [-0.4, -0.2) is 49.8 Å². The van der Waals surface area contributed by atoms with E-state index >= 15 is 0 Å². The Morgan fingerprint density at radius 3 is 3.12 bits per heavy atom. The first-order valence-corrected chi connectivity index (χ1v) is 6.98. The third-order valence-electron chi connectivity index (χ3n) is 3.88. The lowest BCUT2D eigenvalue weighted by Gasteiger charge is -2.37. The Morgan fingerprint density at radius 2 is 2.25 bits per heavy atom. The highest BCUT2D eigenvalue weighted by Gasteiger charge is 2.35. The van der Waals surface area contributed by atoms with Gasteiger partial charge in [0.05, 0.1) is 12.7 Å². The van der Waals surface area contributed by atoms with Crippen molar-refractivity contribution in [1.29, 1.82) is 0 Å². The predicted molar refractivity (Wildman–Crippen MR) is 66.7 cm³/mol. The lowest BCUT2D eigenvalue weighted by molar-refractivity contribution is -0.0548. The standard InChI is InChI=1S/C13H26N2O/c1-2-3-7-14-8-9-15-10-11-16-13-6-4-5-12(13)15/h12-14H,2-11H2,1H3. The van der Waals surface area contributed by atoms with Gasteiger partial charge in [-0.3, -0.25) is 4.90 Å². The van der Waals surface area contributed by atoms with Crippen LogP contribution in [0.3, 0.4) is 0 Å². The molecular weight excluding hydrogens is 200 g/mol. The van der Waals surface area contributed by atoms with Crippen molar-refractivity contribution in [2.45, 2.75) is 51.2 Å². The summed E-state index contributed by atoms with van der Waals surface area (Å²) in [7, 11) is 0. The van der Waals surface area contributed by atoms with Gasteiger partial charge in [0, 0.05) is 25.7 Å². The van der Waals surface area contributed by atoms with Crippen LogP contribution in [0.1, 0.15) is 39.0 Å². The van der Waals surface area contributed by atoms with E-state index in [4.69, 9.17) is 4.74 Å². The largest absolute Gasteiger partial charge is 0.375 e. The summed E-state index contributed by atoms with van der Waals surface area (Å²) in [6.07, 6.45) is 7.12. The Morgan fingerprint density at radius 1 is 1.31 bits per heavy atom. The molecule has 0 amide bonds. The molecule has 2 atom stereocenters. The van der Waals surface area contributed by atoms with Gasteiger partial charge in [-0.1, -0.05) is 13.3 Å². The molecule has 0 aromatic carbocycles. The highest BCUT2D eigenvalue weighted by Crippen LogP contribution is 2.29. The molecule has 3 heteroatoms. The molecule has 3 nitrogen and oxygen atoms in total. The zero-order valence-electron chi connectivity index (χ0n) is 10.6. The van der Waals surface area contributed by atoms with Gasteiger partial charge >= 0.3 is 0 Å². The maximum atomic E-state index is 5.81. The lowest BCUT2D eigenvalue weighted by Crippen LogP contribution is -2.50. The summed E-state index contributed by atoms with van der Waals surface area (Å²) in [6.45, 7) is 7.84. The van der Waals surface area contributed by atoms with Gasteiger partial charge in [0.25, 0.3) is 0 Å². The summed E-state index contributed by atoms with van der Waals surface area (Å²) < 4.78 is 5.81. The van der Waals surface area contributed by atoms with Gasteiger partial charge in [-0.15, -0.1) is 0 Å². The summed E-state index contributed by atoms with van der Waals surface area (Å²) in [4.78, 5) is 2.64. The summed E-state index contributed by atoms with van der Waals surface area (Å²) >= 11 is 0. The van der Waals surface area contributed by atoms with Crippen LogP contribution in [0.15, 0.2) is 0 Å². The zero-order valence-corrected chi connectivity index (χ0v) is 10.6. The van der Waals surface area contributed by atoms with E-state index in [2.05, 4.69) is 17.1 Å². The molecule has 1 N–H and O–H groups in total. The van der Waals surface area contributed by atoms with E-state index < -0.39 is 0 Å². The second-order valence-electron chi connectivity index (χ2n) is 5.05. The van der Waals surface area contributed by atoms with Crippen LogP contribution < -0.4 is 5.32 Å². The molecule has 0 bridgehead atoms. The number of hydrogen-bond acceptors (Lipinski definition) is 3. The molecule has 2 rings (SSSR count). The molecule has 0 aromatic rings. The maximum Gasteiger partial charge on any atom is 0.0730 e. The molecule has 1 aliphatic carbocycles. The molecule has 1 aliphatic heterocycles. The van der Waals surface area contributed by atoms with Crippen LogP contribution >= 0.6 is 0 Å². The second kappa shape index (κ2) is 6.58. The van der Waals surface area contributed by atoms with Crippen molar-refractivity contribution in [1.82, 2.24) is 10.2 Å². The first-order chi connectivity index (χ1) is 7.92. The summed E-state index contributed by atoms with van der Waals surface area (Å²) in [6, 6.07) is 0.724. The molecule has 1 heterocycles. The minimum Gasteiger partial charge on any atom is -0.375 e. The third kappa shape index (κ3) is 3.19. The van der Waals surface area contributed by atoms with Crippen molar-refractivity contribution in [3.8, 4) is 0 Å². The minimum atomic E-state index is 0.546. The van der Waals surface area contributed by atoms with Crippen molar-refractivity contribution in [2.75, 3.05) is 32.8 Å². The van der Waals surface area contributed by atoms with Gasteiger partial charge in [0.2, 0.25) is 0 Å². The fraction of sp³-hybridized carbons (Fsp3) is 1.00. The quantitative estimate of drug-likeness (QED) is 0.697. The lowest BCUT2D eigenvalue weighted by atomic mass is 10.1. The summed E-state index contributed by atoms with van der Waals surface area (Å²) in [5.41, 5.74) is 0. The van der Waals surface area contributed by atoms with Gasteiger partial charge in [-0.05, 0) is 32.2 Å². The van der Waals surface area contributed by atoms with E-state index in [1.54, 1.807) is 0 Å². The molecule has 0 radical (unpaired) electrons. The van der Waals surface area contributed by atoms with Gasteiger partial charge in [0.15, 0.2) is 0 Å². The minimum absolute atomic E-state index is 0.546. The molecular formula is C13H26N2O. The van der Waals surface area contributed by atoms with Crippen LogP contribution in [0, 0.1) is 0 Å². The van der Waals surface area contributed by atoms with E-state index in [0.29, 0.717) is 6.10 Å². The Balaban J connectivity index is 1.64. The van der Waals surface area contributed by atoms with Crippen LogP contribution in [0.25, 0.3) is 0 Å². The molecule has 2 unspecified atom stereocenters. The molecule has 1 saturated heterocycles. The molecule has 2 aliphatic rings. The van der Waals surface area contributed by atoms with Crippen LogP contribution in [0.5, 0.6) is 0 Å². The molecule has 0 spiro atoms. The molecule has 1 saturated carbocycles. The number of ether oxygens (including phenoxy) is 1. The number of rotatable bonds is 6. The highest BCUT2D eigenvalue weighted by molar-refractivity contribution is 4.89. The molecule has 0 aromatic heterocycles. The maximum absolute atomic E-state index is 5.81. The van der Waals surface area contributed by atoms with E-state index in [1.165, 1.54) is 45.2 Å². The Bertz CT molecular complexity index is 198. The van der Waals surface area contributed by atoms with Crippen LogP contribution in [0.2, 0.25) is 0 Å². The Kier molecular flexibility index (Phi) is 5.07. The zero-order chi connectivity index (χ0) is 11.2. The van der Waals surface area contributed by atoms with E-state index in [9.17, 15) is 0 Å². The summed E-state index contributed by atoms with van der Waals surface area (Å²) in [5.74, 6) is 0. The first kappa shape index (κ1) is 12.3. The van der Waals surface area contributed by atoms with Crippen molar-refractivity contribution in [2.24, 2.45) is 0 Å². The summed E-state index contributed by atoms with van der Waals surface area (Å²) in [5, 5.41) is 3.53. The highest BCUT2D eigenvalue weighted by atomic mass is 16.5. The SMILES string of the molecule is CCCCNCCN1CCOC2CCCC21. The number of nitrogens with one attached hydrogen (secondary N) is 1. The fourth-order valence-electron chi connectivity index (χ4n) is 2.93. The van der Waals surface area contributed by atoms with E-state index in [1.807, 2.05) is 0 Å². The normalized spacial score (nSPS) is 30.6. The Labute approximate surface area is 99.5 Å². The number of fused-ring (bicyclic) bond motifs is 1.